The van der Waals surface area contributed by atoms with Gasteiger partial charge < -0.3 is 0 Å². The number of amides is 1. The van der Waals surface area contributed by atoms with Gasteiger partial charge in [-0.3, -0.25) is 15.1 Å². The highest BCUT2D eigenvalue weighted by molar-refractivity contribution is 7.14. The van der Waals surface area contributed by atoms with E-state index in [4.69, 9.17) is 5.84 Å². The zero-order valence-electron chi connectivity index (χ0n) is 10.9. The molecule has 102 valence electrons. The molecule has 0 aliphatic rings. The van der Waals surface area contributed by atoms with Crippen LogP contribution in [0, 0.1) is 0 Å². The maximum absolute atomic E-state index is 11.4. The number of hydrogen-bond acceptors (Lipinski definition) is 5. The summed E-state index contributed by atoms with van der Waals surface area (Å²) in [5, 5.41) is 2.09. The van der Waals surface area contributed by atoms with Crippen molar-refractivity contribution >= 4 is 28.6 Å². The van der Waals surface area contributed by atoms with Gasteiger partial charge >= 0.3 is 0 Å². The number of nitrogen functional groups attached to an aromatic ring is 1. The number of carbonyl (C=O) groups excluding carboxylic acids is 1. The molecule has 3 N–H and O–H groups in total. The molecule has 0 saturated heterocycles. The van der Waals surface area contributed by atoms with Crippen molar-refractivity contribution in [2.75, 3.05) is 7.05 Å². The molecule has 0 spiro atoms. The van der Waals surface area contributed by atoms with Crippen LogP contribution in [0.2, 0.25) is 0 Å². The predicted octanol–water partition coefficient (Wildman–Crippen LogP) is 2.61. The van der Waals surface area contributed by atoms with Crippen LogP contribution >= 0.6 is 22.7 Å². The highest BCUT2D eigenvalue weighted by Crippen LogP contribution is 2.26. The second-order valence-corrected chi connectivity index (χ2v) is 6.49. The summed E-state index contributed by atoms with van der Waals surface area (Å²) in [5.41, 5.74) is 2.15. The summed E-state index contributed by atoms with van der Waals surface area (Å²) in [6.07, 6.45) is 0. The van der Waals surface area contributed by atoms with Crippen LogP contribution in [0.4, 0.5) is 0 Å². The third kappa shape index (κ3) is 3.42. The van der Waals surface area contributed by atoms with Crippen molar-refractivity contribution in [2.24, 2.45) is 5.84 Å². The molecule has 1 amide bonds. The average Bonchev–Trinajstić information content (AvgIpc) is 3.07. The molecule has 0 fully saturated rings. The van der Waals surface area contributed by atoms with Gasteiger partial charge in [-0.1, -0.05) is 6.07 Å². The fourth-order valence-corrected chi connectivity index (χ4v) is 3.61. The molecule has 1 unspecified atom stereocenters. The van der Waals surface area contributed by atoms with E-state index in [2.05, 4.69) is 41.8 Å². The van der Waals surface area contributed by atoms with E-state index < -0.39 is 0 Å². The highest BCUT2D eigenvalue weighted by atomic mass is 32.1. The smallest absolute Gasteiger partial charge is 0.275 e. The minimum atomic E-state index is -0.231. The van der Waals surface area contributed by atoms with Crippen LogP contribution in [-0.4, -0.2) is 17.9 Å². The van der Waals surface area contributed by atoms with E-state index >= 15 is 0 Å². The Morgan fingerprint density at radius 1 is 1.47 bits per heavy atom. The summed E-state index contributed by atoms with van der Waals surface area (Å²) >= 11 is 3.24. The van der Waals surface area contributed by atoms with E-state index in [-0.39, 0.29) is 5.91 Å². The molecule has 0 aliphatic heterocycles. The summed E-state index contributed by atoms with van der Waals surface area (Å²) in [4.78, 5) is 16.8. The molecule has 0 radical (unpaired) electrons. The molecule has 0 aliphatic carbocycles. The SMILES string of the molecule is CC(c1cccs1)N(C)Cc1ccc(C(=O)NN)s1. The van der Waals surface area contributed by atoms with Gasteiger partial charge in [0.1, 0.15) is 0 Å². The summed E-state index contributed by atoms with van der Waals surface area (Å²) in [6.45, 7) is 3.01. The first-order valence-electron chi connectivity index (χ1n) is 5.95. The van der Waals surface area contributed by atoms with Crippen LogP contribution < -0.4 is 11.3 Å². The molecule has 2 aromatic heterocycles. The molecule has 2 aromatic rings. The van der Waals surface area contributed by atoms with Crippen molar-refractivity contribution in [2.45, 2.75) is 19.5 Å². The molecule has 6 heteroatoms. The fourth-order valence-electron chi connectivity index (χ4n) is 1.78. The first-order valence-corrected chi connectivity index (χ1v) is 7.64. The average molecular weight is 295 g/mol. The van der Waals surface area contributed by atoms with Gasteiger partial charge in [-0.25, -0.2) is 5.84 Å². The van der Waals surface area contributed by atoms with E-state index in [1.165, 1.54) is 16.2 Å². The van der Waals surface area contributed by atoms with Gasteiger partial charge in [-0.2, -0.15) is 0 Å². The van der Waals surface area contributed by atoms with Gasteiger partial charge in [0.05, 0.1) is 4.88 Å². The van der Waals surface area contributed by atoms with Crippen molar-refractivity contribution in [1.29, 1.82) is 0 Å². The van der Waals surface area contributed by atoms with Gasteiger partial charge in [0.2, 0.25) is 0 Å². The van der Waals surface area contributed by atoms with Crippen LogP contribution in [0.15, 0.2) is 29.6 Å². The normalized spacial score (nSPS) is 12.6. The Balaban J connectivity index is 2.01. The first-order chi connectivity index (χ1) is 9.11. The fraction of sp³-hybridized carbons (Fsp3) is 0.308. The second-order valence-electron chi connectivity index (χ2n) is 4.35. The van der Waals surface area contributed by atoms with Crippen molar-refractivity contribution in [3.63, 3.8) is 0 Å². The molecule has 4 nitrogen and oxygen atoms in total. The number of hydrogen-bond donors (Lipinski definition) is 2. The largest absolute Gasteiger partial charge is 0.294 e. The van der Waals surface area contributed by atoms with Crippen LogP contribution in [0.5, 0.6) is 0 Å². The van der Waals surface area contributed by atoms with Crippen LogP contribution in [0.3, 0.4) is 0 Å². The second kappa shape index (κ2) is 6.29. The summed E-state index contributed by atoms with van der Waals surface area (Å²) in [7, 11) is 2.09. The minimum Gasteiger partial charge on any atom is -0.294 e. The van der Waals surface area contributed by atoms with E-state index in [0.717, 1.165) is 11.4 Å². The Morgan fingerprint density at radius 2 is 2.26 bits per heavy atom. The van der Waals surface area contributed by atoms with Gasteiger partial charge in [-0.05, 0) is 37.6 Å². The molecule has 2 heterocycles. The Bertz CT molecular complexity index is 536. The van der Waals surface area contributed by atoms with Crippen molar-refractivity contribution in [1.82, 2.24) is 10.3 Å². The Labute approximate surface area is 120 Å². The quantitative estimate of drug-likeness (QED) is 0.506. The number of rotatable bonds is 5. The zero-order valence-corrected chi connectivity index (χ0v) is 12.6. The summed E-state index contributed by atoms with van der Waals surface area (Å²) in [5.74, 6) is 4.89. The molecule has 0 aromatic carbocycles. The Hall–Kier alpha value is -1.21. The lowest BCUT2D eigenvalue weighted by molar-refractivity contribution is 0.0957. The number of nitrogens with two attached hydrogens (primary N) is 1. The number of carbonyl (C=O) groups is 1. The number of nitrogens with one attached hydrogen (secondary N) is 1. The molecule has 0 bridgehead atoms. The van der Waals surface area contributed by atoms with Crippen molar-refractivity contribution in [3.05, 3.63) is 44.3 Å². The summed E-state index contributed by atoms with van der Waals surface area (Å²) < 4.78 is 0. The minimum absolute atomic E-state index is 0.231. The van der Waals surface area contributed by atoms with Gasteiger partial charge in [0.25, 0.3) is 5.91 Å². The van der Waals surface area contributed by atoms with Crippen LogP contribution in [0.1, 0.15) is 32.4 Å². The zero-order chi connectivity index (χ0) is 13.8. The molecule has 1 atom stereocenters. The Kier molecular flexibility index (Phi) is 4.71. The van der Waals surface area contributed by atoms with Crippen molar-refractivity contribution < 1.29 is 4.79 Å². The van der Waals surface area contributed by atoms with Gasteiger partial charge in [-0.15, -0.1) is 22.7 Å². The predicted molar refractivity (Wildman–Crippen MR) is 80.2 cm³/mol. The first kappa shape index (κ1) is 14.2. The molecule has 2 rings (SSSR count). The van der Waals surface area contributed by atoms with Crippen molar-refractivity contribution in [3.8, 4) is 0 Å². The van der Waals surface area contributed by atoms with E-state index in [1.807, 2.05) is 12.1 Å². The third-order valence-electron chi connectivity index (χ3n) is 3.04. The molecular weight excluding hydrogens is 278 g/mol. The highest BCUT2D eigenvalue weighted by Gasteiger charge is 2.14. The maximum atomic E-state index is 11.4. The van der Waals surface area contributed by atoms with Gasteiger partial charge in [0.15, 0.2) is 0 Å². The van der Waals surface area contributed by atoms with Gasteiger partial charge in [0, 0.05) is 22.3 Å². The molecular formula is C13H17N3OS2. The topological polar surface area (TPSA) is 58.4 Å². The number of hydrazine groups is 1. The lowest BCUT2D eigenvalue weighted by Crippen LogP contribution is -2.29. The van der Waals surface area contributed by atoms with Crippen LogP contribution in [-0.2, 0) is 6.54 Å². The Morgan fingerprint density at radius 3 is 2.89 bits per heavy atom. The van der Waals surface area contributed by atoms with E-state index in [0.29, 0.717) is 10.9 Å². The molecule has 19 heavy (non-hydrogen) atoms. The third-order valence-corrected chi connectivity index (χ3v) is 5.15. The van der Waals surface area contributed by atoms with E-state index in [9.17, 15) is 4.79 Å². The number of nitrogens with zero attached hydrogens (tertiary/aromatic N) is 1. The summed E-state index contributed by atoms with van der Waals surface area (Å²) in [6, 6.07) is 8.37. The number of thiophene rings is 2. The molecule has 0 saturated carbocycles. The van der Waals surface area contributed by atoms with Crippen LogP contribution in [0.25, 0.3) is 0 Å². The monoisotopic (exact) mass is 295 g/mol. The standard InChI is InChI=1S/C13H17N3OS2/c1-9(11-4-3-7-18-11)16(2)8-10-5-6-12(19-10)13(17)15-14/h3-7,9H,8,14H2,1-2H3,(H,15,17). The lowest BCUT2D eigenvalue weighted by atomic mass is 10.2. The maximum Gasteiger partial charge on any atom is 0.275 e. The lowest BCUT2D eigenvalue weighted by Gasteiger charge is -2.23. The van der Waals surface area contributed by atoms with E-state index in [1.54, 1.807) is 11.3 Å².